The average Bonchev–Trinajstić information content (AvgIpc) is 2.99. The highest BCUT2D eigenvalue weighted by atomic mass is 16.5. The Labute approximate surface area is 161 Å². The van der Waals surface area contributed by atoms with Crippen LogP contribution in [0.25, 0.3) is 10.9 Å². The van der Waals surface area contributed by atoms with Crippen molar-refractivity contribution in [2.75, 3.05) is 13.2 Å². The van der Waals surface area contributed by atoms with Crippen LogP contribution in [0.1, 0.15) is 28.2 Å². The first-order valence-corrected chi connectivity index (χ1v) is 9.01. The van der Waals surface area contributed by atoms with Crippen LogP contribution in [0.3, 0.4) is 0 Å². The normalized spacial score (nSPS) is 10.8. The zero-order valence-electron chi connectivity index (χ0n) is 15.8. The highest BCUT2D eigenvalue weighted by Gasteiger charge is 2.14. The van der Waals surface area contributed by atoms with Gasteiger partial charge in [0.05, 0.1) is 11.3 Å². The maximum atomic E-state index is 12.3. The van der Waals surface area contributed by atoms with Gasteiger partial charge in [-0.15, -0.1) is 0 Å². The van der Waals surface area contributed by atoms with Crippen LogP contribution in [0.4, 0.5) is 0 Å². The number of nitrogens with one attached hydrogen (secondary N) is 2. The monoisotopic (exact) mass is 382 g/mol. The molecule has 0 radical (unpaired) electrons. The molecule has 0 unspecified atom stereocenters. The molecule has 2 N–H and O–H groups in total. The van der Waals surface area contributed by atoms with E-state index < -0.39 is 24.0 Å². The maximum absolute atomic E-state index is 12.3. The van der Waals surface area contributed by atoms with Crippen molar-refractivity contribution in [2.45, 2.75) is 26.8 Å². The number of aromatic nitrogens is 3. The fourth-order valence-corrected chi connectivity index (χ4v) is 2.99. The second kappa shape index (κ2) is 8.51. The van der Waals surface area contributed by atoms with Gasteiger partial charge < -0.3 is 15.0 Å². The summed E-state index contributed by atoms with van der Waals surface area (Å²) in [5, 5.41) is 7.63. The van der Waals surface area contributed by atoms with Crippen LogP contribution in [0.2, 0.25) is 0 Å². The minimum absolute atomic E-state index is 0.136. The predicted octanol–water partition coefficient (Wildman–Crippen LogP) is 1.70. The zero-order chi connectivity index (χ0) is 20.1. The number of amides is 1. The molecule has 3 aromatic rings. The summed E-state index contributed by atoms with van der Waals surface area (Å²) in [5.74, 6) is -1.10. The summed E-state index contributed by atoms with van der Waals surface area (Å²) in [6.07, 6.45) is 0.709. The average molecular weight is 382 g/mol. The Balaban J connectivity index is 1.49. The van der Waals surface area contributed by atoms with Gasteiger partial charge in [-0.25, -0.2) is 4.79 Å². The van der Waals surface area contributed by atoms with Crippen molar-refractivity contribution in [1.82, 2.24) is 20.1 Å². The number of para-hydroxylation sites is 1. The first-order chi connectivity index (χ1) is 13.4. The number of benzene rings is 1. The van der Waals surface area contributed by atoms with Gasteiger partial charge in [0.15, 0.2) is 6.61 Å². The second-order valence-corrected chi connectivity index (χ2v) is 6.52. The number of pyridine rings is 1. The smallest absolute Gasteiger partial charge is 0.339 e. The molecule has 0 bridgehead atoms. The summed E-state index contributed by atoms with van der Waals surface area (Å²) in [6, 6.07) is 10.1. The molecular formula is C20H22N4O4. The van der Waals surface area contributed by atoms with E-state index in [1.54, 1.807) is 24.3 Å². The SMILES string of the molecule is Cc1cc(C)n(CCCNC(=O)COC(=O)c2cc(=O)[nH]c3ccccc23)n1. The minimum Gasteiger partial charge on any atom is -0.452 e. The number of H-pyrrole nitrogens is 1. The van der Waals surface area contributed by atoms with Crippen molar-refractivity contribution in [3.63, 3.8) is 0 Å². The molecule has 3 rings (SSSR count). The molecule has 8 nitrogen and oxygen atoms in total. The van der Waals surface area contributed by atoms with E-state index in [1.807, 2.05) is 24.6 Å². The number of rotatable bonds is 7. The quantitative estimate of drug-likeness (QED) is 0.478. The van der Waals surface area contributed by atoms with Gasteiger partial charge in [0.2, 0.25) is 5.56 Å². The van der Waals surface area contributed by atoms with Gasteiger partial charge in [-0.1, -0.05) is 18.2 Å². The molecule has 0 saturated heterocycles. The van der Waals surface area contributed by atoms with Crippen LogP contribution in [0, 0.1) is 13.8 Å². The number of carbonyl (C=O) groups excluding carboxylic acids is 2. The van der Waals surface area contributed by atoms with E-state index >= 15 is 0 Å². The Morgan fingerprint density at radius 1 is 1.21 bits per heavy atom. The van der Waals surface area contributed by atoms with Crippen molar-refractivity contribution < 1.29 is 14.3 Å². The number of aryl methyl sites for hydroxylation is 3. The number of hydrogen-bond donors (Lipinski definition) is 2. The molecule has 0 aliphatic heterocycles. The van der Waals surface area contributed by atoms with E-state index in [0.717, 1.165) is 11.4 Å². The third-order valence-electron chi connectivity index (χ3n) is 4.28. The highest BCUT2D eigenvalue weighted by molar-refractivity contribution is 6.03. The number of hydrogen-bond acceptors (Lipinski definition) is 5. The Morgan fingerprint density at radius 2 is 2.00 bits per heavy atom. The largest absolute Gasteiger partial charge is 0.452 e. The molecule has 28 heavy (non-hydrogen) atoms. The number of nitrogens with zero attached hydrogens (tertiary/aromatic N) is 2. The van der Waals surface area contributed by atoms with Crippen LogP contribution in [0.15, 0.2) is 41.2 Å². The van der Waals surface area contributed by atoms with Crippen LogP contribution >= 0.6 is 0 Å². The maximum Gasteiger partial charge on any atom is 0.339 e. The van der Waals surface area contributed by atoms with Crippen LogP contribution < -0.4 is 10.9 Å². The molecule has 0 fully saturated rings. The third-order valence-corrected chi connectivity index (χ3v) is 4.28. The van der Waals surface area contributed by atoms with Crippen molar-refractivity contribution in [1.29, 1.82) is 0 Å². The van der Waals surface area contributed by atoms with E-state index in [2.05, 4.69) is 15.4 Å². The molecule has 0 aliphatic rings. The zero-order valence-corrected chi connectivity index (χ0v) is 15.8. The van der Waals surface area contributed by atoms with E-state index in [0.29, 0.717) is 30.4 Å². The summed E-state index contributed by atoms with van der Waals surface area (Å²) in [5.41, 5.74) is 2.30. The van der Waals surface area contributed by atoms with Gasteiger partial charge in [0.1, 0.15) is 0 Å². The first-order valence-electron chi connectivity index (χ1n) is 9.01. The van der Waals surface area contributed by atoms with Gasteiger partial charge in [-0.3, -0.25) is 14.3 Å². The van der Waals surface area contributed by atoms with Gasteiger partial charge >= 0.3 is 5.97 Å². The van der Waals surface area contributed by atoms with Crippen molar-refractivity contribution >= 4 is 22.8 Å². The van der Waals surface area contributed by atoms with Gasteiger partial charge in [0, 0.05) is 35.8 Å². The number of ether oxygens (including phenoxy) is 1. The van der Waals surface area contributed by atoms with E-state index in [4.69, 9.17) is 4.74 Å². The molecule has 0 spiro atoms. The van der Waals surface area contributed by atoms with Crippen molar-refractivity contribution in [3.05, 3.63) is 63.7 Å². The van der Waals surface area contributed by atoms with Crippen LogP contribution in [-0.2, 0) is 16.1 Å². The van der Waals surface area contributed by atoms with Crippen molar-refractivity contribution in [2.24, 2.45) is 0 Å². The van der Waals surface area contributed by atoms with Gasteiger partial charge in [-0.2, -0.15) is 5.10 Å². The topological polar surface area (TPSA) is 106 Å². The van der Waals surface area contributed by atoms with Gasteiger partial charge in [-0.05, 0) is 32.4 Å². The molecular weight excluding hydrogens is 360 g/mol. The first kappa shape index (κ1) is 19.3. The molecule has 1 aromatic carbocycles. The molecule has 2 heterocycles. The van der Waals surface area contributed by atoms with E-state index in [1.165, 1.54) is 6.07 Å². The predicted molar refractivity (Wildman–Crippen MR) is 104 cm³/mol. The van der Waals surface area contributed by atoms with E-state index in [-0.39, 0.29) is 5.56 Å². The summed E-state index contributed by atoms with van der Waals surface area (Å²) >= 11 is 0. The lowest BCUT2D eigenvalue weighted by atomic mass is 10.1. The number of carbonyl (C=O) groups is 2. The minimum atomic E-state index is -0.708. The Morgan fingerprint density at radius 3 is 2.75 bits per heavy atom. The van der Waals surface area contributed by atoms with Crippen LogP contribution in [-0.4, -0.2) is 39.8 Å². The van der Waals surface area contributed by atoms with Crippen LogP contribution in [0.5, 0.6) is 0 Å². The summed E-state index contributed by atoms with van der Waals surface area (Å²) in [6.45, 7) is 4.65. The summed E-state index contributed by atoms with van der Waals surface area (Å²) < 4.78 is 6.96. The highest BCUT2D eigenvalue weighted by Crippen LogP contribution is 2.15. The standard InChI is InChI=1S/C20H22N4O4/c1-13-10-14(2)24(23-13)9-5-8-21-19(26)12-28-20(27)16-11-18(25)22-17-7-4-3-6-15(16)17/h3-4,6-7,10-11H,5,8-9,12H2,1-2H3,(H,21,26)(H,22,25). The Hall–Kier alpha value is -3.42. The Bertz CT molecular complexity index is 1070. The van der Waals surface area contributed by atoms with E-state index in [9.17, 15) is 14.4 Å². The molecule has 8 heteroatoms. The van der Waals surface area contributed by atoms with Crippen molar-refractivity contribution in [3.8, 4) is 0 Å². The summed E-state index contributed by atoms with van der Waals surface area (Å²) in [7, 11) is 0. The number of esters is 1. The number of aromatic amines is 1. The molecule has 0 atom stereocenters. The fourth-order valence-electron chi connectivity index (χ4n) is 2.99. The summed E-state index contributed by atoms with van der Waals surface area (Å²) in [4.78, 5) is 38.6. The lowest BCUT2D eigenvalue weighted by molar-refractivity contribution is -0.124. The van der Waals surface area contributed by atoms with Gasteiger partial charge in [0.25, 0.3) is 5.91 Å². The third kappa shape index (κ3) is 4.64. The lowest BCUT2D eigenvalue weighted by Crippen LogP contribution is -2.30. The second-order valence-electron chi connectivity index (χ2n) is 6.52. The lowest BCUT2D eigenvalue weighted by Gasteiger charge is -2.09. The fraction of sp³-hybridized carbons (Fsp3) is 0.300. The number of fused-ring (bicyclic) bond motifs is 1. The molecule has 1 amide bonds. The molecule has 0 saturated carbocycles. The molecule has 0 aliphatic carbocycles. The Kier molecular flexibility index (Phi) is 5.88. The molecule has 2 aromatic heterocycles. The molecule has 146 valence electrons.